The molecule has 0 atom stereocenters. The number of aromatic nitrogens is 1. The highest BCUT2D eigenvalue weighted by atomic mass is 16.3. The molecule has 0 aliphatic heterocycles. The molecule has 2 rings (SSSR count). The van der Waals surface area contributed by atoms with Crippen molar-refractivity contribution in [3.63, 3.8) is 0 Å². The van der Waals surface area contributed by atoms with Crippen LogP contribution in [0.5, 0.6) is 0 Å². The Labute approximate surface area is 122 Å². The van der Waals surface area contributed by atoms with Crippen molar-refractivity contribution in [2.75, 3.05) is 0 Å². The van der Waals surface area contributed by atoms with Crippen LogP contribution in [0.4, 0.5) is 0 Å². The maximum Gasteiger partial charge on any atom is 0.344 e. The van der Waals surface area contributed by atoms with E-state index in [1.807, 2.05) is 12.1 Å². The average molecular weight is 274 g/mol. The lowest BCUT2D eigenvalue weighted by atomic mass is 10.1. The van der Waals surface area contributed by atoms with Gasteiger partial charge in [0.25, 0.3) is 5.52 Å². The molecule has 1 aromatic heterocycles. The number of para-hydroxylation sites is 2. The molecule has 0 saturated carbocycles. The van der Waals surface area contributed by atoms with E-state index in [-0.39, 0.29) is 0 Å². The Morgan fingerprint density at radius 1 is 0.900 bits per heavy atom. The summed E-state index contributed by atoms with van der Waals surface area (Å²) in [4.78, 5) is 0. The van der Waals surface area contributed by atoms with E-state index in [1.165, 1.54) is 56.9 Å². The molecule has 0 spiro atoms. The first-order valence-corrected chi connectivity index (χ1v) is 8.21. The van der Waals surface area contributed by atoms with Gasteiger partial charge in [-0.3, -0.25) is 0 Å². The number of fused-ring (bicyclic) bond motifs is 1. The van der Waals surface area contributed by atoms with E-state index in [0.717, 1.165) is 18.0 Å². The molecule has 2 nitrogen and oxygen atoms in total. The molecule has 110 valence electrons. The number of aryl methyl sites for hydroxylation is 2. The number of hydrogen-bond donors (Lipinski definition) is 0. The zero-order valence-electron chi connectivity index (χ0n) is 13.0. The van der Waals surface area contributed by atoms with Crippen LogP contribution in [0.3, 0.4) is 0 Å². The second kappa shape index (κ2) is 8.08. The summed E-state index contributed by atoms with van der Waals surface area (Å²) in [5.74, 6) is 1.02. The number of oxazole rings is 1. The zero-order valence-corrected chi connectivity index (χ0v) is 13.0. The van der Waals surface area contributed by atoms with Gasteiger partial charge in [0.05, 0.1) is 6.92 Å². The first-order chi connectivity index (χ1) is 9.83. The average Bonchev–Trinajstić information content (AvgIpc) is 2.78. The van der Waals surface area contributed by atoms with Gasteiger partial charge in [0.15, 0.2) is 6.54 Å². The maximum atomic E-state index is 5.78. The van der Waals surface area contributed by atoms with Gasteiger partial charge in [0.2, 0.25) is 5.58 Å². The summed E-state index contributed by atoms with van der Waals surface area (Å²) in [6.07, 6.45) is 10.9. The molecule has 1 aromatic carbocycles. The van der Waals surface area contributed by atoms with Crippen LogP contribution in [0.15, 0.2) is 28.7 Å². The van der Waals surface area contributed by atoms with Crippen LogP contribution in [0, 0.1) is 6.92 Å². The Balaban J connectivity index is 1.72. The van der Waals surface area contributed by atoms with Crippen molar-refractivity contribution in [1.82, 2.24) is 0 Å². The third kappa shape index (κ3) is 4.09. The Morgan fingerprint density at radius 2 is 1.55 bits per heavy atom. The maximum absolute atomic E-state index is 5.78. The molecule has 0 fully saturated rings. The molecular weight excluding hydrogens is 246 g/mol. The Kier molecular flexibility index (Phi) is 6.10. The molecule has 0 aliphatic rings. The van der Waals surface area contributed by atoms with Crippen LogP contribution in [0.1, 0.15) is 64.2 Å². The highest BCUT2D eigenvalue weighted by Gasteiger charge is 2.17. The second-order valence-electron chi connectivity index (χ2n) is 5.72. The van der Waals surface area contributed by atoms with E-state index >= 15 is 0 Å². The molecule has 0 unspecified atom stereocenters. The molecule has 20 heavy (non-hydrogen) atoms. The third-order valence-corrected chi connectivity index (χ3v) is 4.03. The summed E-state index contributed by atoms with van der Waals surface area (Å²) in [6.45, 7) is 5.41. The fourth-order valence-electron chi connectivity index (χ4n) is 2.83. The van der Waals surface area contributed by atoms with Gasteiger partial charge >= 0.3 is 5.89 Å². The van der Waals surface area contributed by atoms with E-state index in [4.69, 9.17) is 4.42 Å². The van der Waals surface area contributed by atoms with Crippen LogP contribution < -0.4 is 4.57 Å². The molecule has 0 bridgehead atoms. The lowest BCUT2D eigenvalue weighted by Crippen LogP contribution is -2.35. The largest absolute Gasteiger partial charge is 0.402 e. The molecule has 0 saturated heterocycles. The van der Waals surface area contributed by atoms with Gasteiger partial charge in [-0.2, -0.15) is 4.57 Å². The van der Waals surface area contributed by atoms with E-state index in [2.05, 4.69) is 30.5 Å². The smallest absolute Gasteiger partial charge is 0.344 e. The van der Waals surface area contributed by atoms with Crippen molar-refractivity contribution in [1.29, 1.82) is 0 Å². The minimum atomic E-state index is 1.00. The highest BCUT2D eigenvalue weighted by molar-refractivity contribution is 5.68. The Hall–Kier alpha value is -1.31. The number of unbranched alkanes of at least 4 members (excludes halogenated alkanes) is 7. The number of hydrogen-bond acceptors (Lipinski definition) is 1. The van der Waals surface area contributed by atoms with E-state index in [0.29, 0.717) is 0 Å². The van der Waals surface area contributed by atoms with Gasteiger partial charge in [-0.05, 0) is 12.5 Å². The number of benzene rings is 1. The normalized spacial score (nSPS) is 11.3. The van der Waals surface area contributed by atoms with Crippen LogP contribution >= 0.6 is 0 Å². The van der Waals surface area contributed by atoms with Gasteiger partial charge in [-0.1, -0.05) is 57.6 Å². The monoisotopic (exact) mass is 274 g/mol. The zero-order chi connectivity index (χ0) is 14.2. The fraction of sp³-hybridized carbons (Fsp3) is 0.611. The minimum Gasteiger partial charge on any atom is -0.402 e. The van der Waals surface area contributed by atoms with Crippen molar-refractivity contribution < 1.29 is 8.98 Å². The lowest BCUT2D eigenvalue weighted by molar-refractivity contribution is -0.683. The van der Waals surface area contributed by atoms with Crippen LogP contribution in [-0.2, 0) is 6.54 Å². The minimum absolute atomic E-state index is 1.00. The van der Waals surface area contributed by atoms with Gasteiger partial charge in [0.1, 0.15) is 0 Å². The molecule has 0 amide bonds. The first-order valence-electron chi connectivity index (χ1n) is 8.21. The third-order valence-electron chi connectivity index (χ3n) is 4.03. The van der Waals surface area contributed by atoms with Crippen LogP contribution in [-0.4, -0.2) is 0 Å². The molecule has 2 heteroatoms. The summed E-state index contributed by atoms with van der Waals surface area (Å²) < 4.78 is 8.10. The Bertz CT molecular complexity index is 515. The second-order valence-corrected chi connectivity index (χ2v) is 5.72. The van der Waals surface area contributed by atoms with Gasteiger partial charge in [0, 0.05) is 12.5 Å². The quantitative estimate of drug-likeness (QED) is 0.455. The van der Waals surface area contributed by atoms with Crippen molar-refractivity contribution >= 4 is 11.1 Å². The Morgan fingerprint density at radius 3 is 2.30 bits per heavy atom. The molecule has 0 N–H and O–H groups in total. The van der Waals surface area contributed by atoms with E-state index in [9.17, 15) is 0 Å². The summed E-state index contributed by atoms with van der Waals surface area (Å²) in [7, 11) is 0. The van der Waals surface area contributed by atoms with Crippen molar-refractivity contribution in [2.24, 2.45) is 0 Å². The van der Waals surface area contributed by atoms with Gasteiger partial charge in [-0.25, -0.2) is 0 Å². The SMILES string of the molecule is CCCCCCCCCC[n+]1c(C)oc2ccccc21. The van der Waals surface area contributed by atoms with E-state index in [1.54, 1.807) is 0 Å². The summed E-state index contributed by atoms with van der Waals surface area (Å²) >= 11 is 0. The summed E-state index contributed by atoms with van der Waals surface area (Å²) in [5, 5.41) is 0. The molecule has 2 aromatic rings. The standard InChI is InChI=1S/C18H28NO/c1-3-4-5-6-7-8-9-12-15-19-16(2)20-18-14-11-10-13-17(18)19/h10-11,13-14H,3-9,12,15H2,1-2H3/q+1. The van der Waals surface area contributed by atoms with E-state index < -0.39 is 0 Å². The van der Waals surface area contributed by atoms with Gasteiger partial charge in [-0.15, -0.1) is 0 Å². The lowest BCUT2D eigenvalue weighted by Gasteiger charge is -2.00. The van der Waals surface area contributed by atoms with Crippen LogP contribution in [0.2, 0.25) is 0 Å². The fourth-order valence-corrected chi connectivity index (χ4v) is 2.83. The summed E-state index contributed by atoms with van der Waals surface area (Å²) in [5.41, 5.74) is 2.23. The molecule has 1 heterocycles. The molecule has 0 radical (unpaired) electrons. The van der Waals surface area contributed by atoms with Crippen molar-refractivity contribution in [3.8, 4) is 0 Å². The first kappa shape index (κ1) is 15.1. The van der Waals surface area contributed by atoms with Crippen molar-refractivity contribution in [3.05, 3.63) is 30.2 Å². The summed E-state index contributed by atoms with van der Waals surface area (Å²) in [6, 6.07) is 8.32. The molecule has 0 aliphatic carbocycles. The predicted octanol–water partition coefficient (Wildman–Crippen LogP) is 5.17. The van der Waals surface area contributed by atoms with Gasteiger partial charge < -0.3 is 4.42 Å². The topological polar surface area (TPSA) is 17.0 Å². The number of rotatable bonds is 9. The predicted molar refractivity (Wildman–Crippen MR) is 83.8 cm³/mol. The number of nitrogens with zero attached hydrogens (tertiary/aromatic N) is 1. The van der Waals surface area contributed by atoms with Crippen molar-refractivity contribution in [2.45, 2.75) is 71.8 Å². The molecular formula is C18H28NO+. The van der Waals surface area contributed by atoms with Crippen LogP contribution in [0.25, 0.3) is 11.1 Å². The highest BCUT2D eigenvalue weighted by Crippen LogP contribution is 2.13.